The van der Waals surface area contributed by atoms with Crippen LogP contribution in [-0.4, -0.2) is 22.6 Å². The number of hydrogen-bond donors (Lipinski definition) is 2. The van der Waals surface area contributed by atoms with Gasteiger partial charge in [0.05, 0.1) is 5.56 Å². The summed E-state index contributed by atoms with van der Waals surface area (Å²) in [6.45, 7) is 3.06. The van der Waals surface area contributed by atoms with Crippen molar-refractivity contribution in [3.63, 3.8) is 0 Å². The number of unbranched alkanes of at least 4 members (excludes halogenated alkanes) is 1. The van der Waals surface area contributed by atoms with E-state index in [9.17, 15) is 4.79 Å². The standard InChI is InChI=1S/C13H16N2O2/c1-2-3-6-15-9-12-7-10(13(16)17)4-5-11(12)8-14-15/h4-5,7-9,14H,2-3,6H2,1H3,(H,16,17). The van der Waals surface area contributed by atoms with Gasteiger partial charge in [0.15, 0.2) is 0 Å². The van der Waals surface area contributed by atoms with E-state index < -0.39 is 5.97 Å². The summed E-state index contributed by atoms with van der Waals surface area (Å²) in [4.78, 5) is 10.9. The predicted molar refractivity (Wildman–Crippen MR) is 66.3 cm³/mol. The van der Waals surface area contributed by atoms with E-state index in [2.05, 4.69) is 12.3 Å². The van der Waals surface area contributed by atoms with E-state index >= 15 is 0 Å². The lowest BCUT2D eigenvalue weighted by atomic mass is 10.1. The maximum Gasteiger partial charge on any atom is 0.335 e. The second kappa shape index (κ2) is 4.91. The molecule has 4 heteroatoms. The van der Waals surface area contributed by atoms with Crippen molar-refractivity contribution in [1.29, 1.82) is 0 Å². The summed E-state index contributed by atoms with van der Waals surface area (Å²) in [7, 11) is 0. The van der Waals surface area contributed by atoms with E-state index in [1.807, 2.05) is 23.5 Å². The highest BCUT2D eigenvalue weighted by Crippen LogP contribution is 1.96. The molecule has 1 aliphatic heterocycles. The Morgan fingerprint density at radius 2 is 2.24 bits per heavy atom. The molecule has 0 aromatic heterocycles. The third-order valence-electron chi connectivity index (χ3n) is 2.77. The van der Waals surface area contributed by atoms with Crippen LogP contribution in [0.25, 0.3) is 12.4 Å². The van der Waals surface area contributed by atoms with Crippen LogP contribution in [0.1, 0.15) is 30.1 Å². The molecule has 17 heavy (non-hydrogen) atoms. The van der Waals surface area contributed by atoms with Gasteiger partial charge in [-0.25, -0.2) is 4.79 Å². The van der Waals surface area contributed by atoms with Gasteiger partial charge in [0, 0.05) is 29.4 Å². The number of nitrogens with zero attached hydrogens (tertiary/aromatic N) is 1. The molecule has 1 aromatic carbocycles. The topological polar surface area (TPSA) is 52.6 Å². The van der Waals surface area contributed by atoms with Gasteiger partial charge in [-0.1, -0.05) is 19.4 Å². The van der Waals surface area contributed by atoms with Crippen LogP contribution in [0.3, 0.4) is 0 Å². The number of carbonyl (C=O) groups is 1. The van der Waals surface area contributed by atoms with E-state index in [-0.39, 0.29) is 0 Å². The summed E-state index contributed by atoms with van der Waals surface area (Å²) < 4.78 is 0. The summed E-state index contributed by atoms with van der Waals surface area (Å²) in [6.07, 6.45) is 6.09. The Kier molecular flexibility index (Phi) is 3.32. The van der Waals surface area contributed by atoms with Gasteiger partial charge >= 0.3 is 5.97 Å². The van der Waals surface area contributed by atoms with Crippen LogP contribution in [0.15, 0.2) is 18.2 Å². The van der Waals surface area contributed by atoms with E-state index in [1.54, 1.807) is 12.1 Å². The lowest BCUT2D eigenvalue weighted by Gasteiger charge is -2.22. The van der Waals surface area contributed by atoms with Crippen molar-refractivity contribution in [2.75, 3.05) is 6.54 Å². The summed E-state index contributed by atoms with van der Waals surface area (Å²) >= 11 is 0. The highest BCUT2D eigenvalue weighted by Gasteiger charge is 2.05. The molecule has 0 unspecified atom stereocenters. The molecule has 0 fully saturated rings. The number of benzene rings is 1. The quantitative estimate of drug-likeness (QED) is 0.793. The molecule has 0 saturated carbocycles. The van der Waals surface area contributed by atoms with Gasteiger partial charge in [0.1, 0.15) is 0 Å². The Balaban J connectivity index is 2.32. The number of hydrazine groups is 1. The van der Waals surface area contributed by atoms with Gasteiger partial charge in [0.25, 0.3) is 0 Å². The summed E-state index contributed by atoms with van der Waals surface area (Å²) in [5.41, 5.74) is 3.49. The molecule has 0 atom stereocenters. The minimum absolute atomic E-state index is 0.325. The van der Waals surface area contributed by atoms with Crippen LogP contribution in [-0.2, 0) is 0 Å². The van der Waals surface area contributed by atoms with E-state index in [1.165, 1.54) is 0 Å². The monoisotopic (exact) mass is 232 g/mol. The molecular formula is C13H16N2O2. The van der Waals surface area contributed by atoms with Crippen LogP contribution >= 0.6 is 0 Å². The zero-order valence-electron chi connectivity index (χ0n) is 9.81. The average molecular weight is 232 g/mol. The molecule has 90 valence electrons. The lowest BCUT2D eigenvalue weighted by Crippen LogP contribution is -2.42. The van der Waals surface area contributed by atoms with Gasteiger partial charge in [-0.3, -0.25) is 5.01 Å². The van der Waals surface area contributed by atoms with Gasteiger partial charge < -0.3 is 10.5 Å². The summed E-state index contributed by atoms with van der Waals surface area (Å²) in [6, 6.07) is 5.14. The second-order valence-electron chi connectivity index (χ2n) is 4.10. The number of nitrogens with one attached hydrogen (secondary N) is 1. The fourth-order valence-corrected chi connectivity index (χ4v) is 1.77. The molecule has 1 aliphatic rings. The molecule has 4 nitrogen and oxygen atoms in total. The Morgan fingerprint density at radius 1 is 1.41 bits per heavy atom. The molecule has 0 amide bonds. The number of hydrogen-bond acceptors (Lipinski definition) is 3. The Hall–Kier alpha value is -1.97. The molecule has 0 bridgehead atoms. The number of rotatable bonds is 4. The number of aromatic carboxylic acids is 1. The van der Waals surface area contributed by atoms with Gasteiger partial charge in [0.2, 0.25) is 0 Å². The molecule has 0 aliphatic carbocycles. The minimum Gasteiger partial charge on any atom is -0.478 e. The van der Waals surface area contributed by atoms with Crippen molar-refractivity contribution in [3.8, 4) is 0 Å². The van der Waals surface area contributed by atoms with Crippen LogP contribution in [0.4, 0.5) is 0 Å². The first-order valence-corrected chi connectivity index (χ1v) is 5.79. The Bertz CT molecular complexity index is 537. The smallest absolute Gasteiger partial charge is 0.335 e. The number of carboxylic acid groups (broad SMARTS) is 1. The zero-order chi connectivity index (χ0) is 12.3. The Morgan fingerprint density at radius 3 is 2.94 bits per heavy atom. The average Bonchev–Trinajstić information content (AvgIpc) is 2.35. The maximum atomic E-state index is 10.9. The van der Waals surface area contributed by atoms with Crippen LogP contribution < -0.4 is 15.9 Å². The van der Waals surface area contributed by atoms with E-state index in [0.717, 1.165) is 29.8 Å². The van der Waals surface area contributed by atoms with Crippen molar-refractivity contribution in [3.05, 3.63) is 34.2 Å². The number of fused-ring (bicyclic) bond motifs is 1. The summed E-state index contributed by atoms with van der Waals surface area (Å²) in [5.74, 6) is -0.889. The number of carboxylic acids is 1. The minimum atomic E-state index is -0.889. The SMILES string of the molecule is CCCCN1C=c2cc(C(=O)O)ccc2=CN1. The van der Waals surface area contributed by atoms with Crippen molar-refractivity contribution in [1.82, 2.24) is 10.4 Å². The largest absolute Gasteiger partial charge is 0.478 e. The van der Waals surface area contributed by atoms with Crippen LogP contribution in [0.2, 0.25) is 0 Å². The molecule has 0 spiro atoms. The fraction of sp³-hybridized carbons (Fsp3) is 0.308. The highest BCUT2D eigenvalue weighted by atomic mass is 16.4. The van der Waals surface area contributed by atoms with E-state index in [0.29, 0.717) is 5.56 Å². The predicted octanol–water partition coefficient (Wildman–Crippen LogP) is 0.481. The first kappa shape index (κ1) is 11.5. The Labute approximate surface area is 99.8 Å². The lowest BCUT2D eigenvalue weighted by molar-refractivity contribution is 0.0696. The van der Waals surface area contributed by atoms with Crippen molar-refractivity contribution in [2.45, 2.75) is 19.8 Å². The molecule has 0 saturated heterocycles. The normalized spacial score (nSPS) is 13.1. The molecule has 0 radical (unpaired) electrons. The van der Waals surface area contributed by atoms with Crippen molar-refractivity contribution in [2.24, 2.45) is 0 Å². The summed E-state index contributed by atoms with van der Waals surface area (Å²) in [5, 5.41) is 12.9. The van der Waals surface area contributed by atoms with Crippen LogP contribution in [0, 0.1) is 0 Å². The van der Waals surface area contributed by atoms with Crippen molar-refractivity contribution >= 4 is 18.4 Å². The zero-order valence-corrected chi connectivity index (χ0v) is 9.81. The van der Waals surface area contributed by atoms with Crippen molar-refractivity contribution < 1.29 is 9.90 Å². The highest BCUT2D eigenvalue weighted by molar-refractivity contribution is 5.87. The van der Waals surface area contributed by atoms with E-state index in [4.69, 9.17) is 5.11 Å². The first-order valence-electron chi connectivity index (χ1n) is 5.79. The van der Waals surface area contributed by atoms with Gasteiger partial charge in [-0.15, -0.1) is 0 Å². The molecular weight excluding hydrogens is 216 g/mol. The third kappa shape index (κ3) is 2.58. The van der Waals surface area contributed by atoms with Gasteiger partial charge in [-0.05, 0) is 18.6 Å². The first-order chi connectivity index (χ1) is 8.20. The molecule has 1 heterocycles. The molecule has 1 aromatic rings. The molecule has 2 N–H and O–H groups in total. The van der Waals surface area contributed by atoms with Crippen LogP contribution in [0.5, 0.6) is 0 Å². The fourth-order valence-electron chi connectivity index (χ4n) is 1.77. The molecule has 2 rings (SSSR count). The second-order valence-corrected chi connectivity index (χ2v) is 4.10. The van der Waals surface area contributed by atoms with Gasteiger partial charge in [-0.2, -0.15) is 0 Å². The maximum absolute atomic E-state index is 10.9. The third-order valence-corrected chi connectivity index (χ3v) is 2.77.